The SMILES string of the molecule is CCn1c2ccccc2c2cc([P@@](=Nc3ccc(C)c(C)c3)(Oc3ccc(Br)cc3)C(C)(C)C)ccc21. The van der Waals surface area contributed by atoms with E-state index in [4.69, 9.17) is 9.27 Å². The highest BCUT2D eigenvalue weighted by molar-refractivity contribution is 9.10. The number of aromatic nitrogens is 1. The van der Waals surface area contributed by atoms with Gasteiger partial charge in [-0.1, -0.05) is 61.0 Å². The Morgan fingerprint density at radius 2 is 1.51 bits per heavy atom. The molecule has 1 heterocycles. The summed E-state index contributed by atoms with van der Waals surface area (Å²) in [6, 6.07) is 30.1. The lowest BCUT2D eigenvalue weighted by Crippen LogP contribution is -2.27. The third kappa shape index (κ3) is 4.67. The lowest BCUT2D eigenvalue weighted by molar-refractivity contribution is 0.571. The Hall–Kier alpha value is -2.81. The molecule has 0 fully saturated rings. The molecule has 0 unspecified atom stereocenters. The molecule has 0 saturated carbocycles. The average molecular weight is 574 g/mol. The van der Waals surface area contributed by atoms with Crippen LogP contribution >= 0.6 is 23.2 Å². The second-order valence-electron chi connectivity index (χ2n) is 10.6. The van der Waals surface area contributed by atoms with E-state index in [0.717, 1.165) is 27.8 Å². The van der Waals surface area contributed by atoms with Crippen molar-refractivity contribution < 1.29 is 4.52 Å². The topological polar surface area (TPSA) is 26.5 Å². The summed E-state index contributed by atoms with van der Waals surface area (Å²) in [7, 11) is -2.61. The summed E-state index contributed by atoms with van der Waals surface area (Å²) in [6.45, 7) is 14.2. The van der Waals surface area contributed by atoms with Crippen molar-refractivity contribution in [1.82, 2.24) is 4.57 Å². The summed E-state index contributed by atoms with van der Waals surface area (Å²) in [5, 5.41) is 3.41. The first-order valence-corrected chi connectivity index (χ1v) is 15.2. The fraction of sp³-hybridized carbons (Fsp3) is 0.250. The molecule has 37 heavy (non-hydrogen) atoms. The zero-order valence-corrected chi connectivity index (χ0v) is 24.9. The Kier molecular flexibility index (Phi) is 6.85. The molecule has 0 spiro atoms. The van der Waals surface area contributed by atoms with Crippen molar-refractivity contribution in [3.63, 3.8) is 0 Å². The maximum Gasteiger partial charge on any atom is 0.173 e. The minimum absolute atomic E-state index is 0.254. The average Bonchev–Trinajstić information content (AvgIpc) is 3.19. The van der Waals surface area contributed by atoms with Crippen LogP contribution in [0, 0.1) is 13.8 Å². The minimum atomic E-state index is -2.61. The molecule has 0 amide bonds. The fourth-order valence-corrected chi connectivity index (χ4v) is 8.31. The van der Waals surface area contributed by atoms with Gasteiger partial charge in [0.25, 0.3) is 0 Å². The number of aryl methyl sites for hydroxylation is 3. The predicted molar refractivity (Wildman–Crippen MR) is 164 cm³/mol. The van der Waals surface area contributed by atoms with Gasteiger partial charge in [-0.15, -0.1) is 0 Å². The molecule has 4 aromatic carbocycles. The van der Waals surface area contributed by atoms with Crippen molar-refractivity contribution in [3.8, 4) is 5.75 Å². The summed E-state index contributed by atoms with van der Waals surface area (Å²) in [4.78, 5) is 0. The maximum absolute atomic E-state index is 7.09. The fourth-order valence-electron chi connectivity index (χ4n) is 4.97. The zero-order valence-electron chi connectivity index (χ0n) is 22.4. The molecular weight excluding hydrogens is 539 g/mol. The zero-order chi connectivity index (χ0) is 26.4. The molecule has 3 nitrogen and oxygen atoms in total. The minimum Gasteiger partial charge on any atom is -0.455 e. The van der Waals surface area contributed by atoms with E-state index in [9.17, 15) is 0 Å². The number of hydrogen-bond donors (Lipinski definition) is 0. The van der Waals surface area contributed by atoms with Gasteiger partial charge in [-0.3, -0.25) is 0 Å². The molecule has 5 aromatic rings. The molecule has 5 rings (SSSR count). The predicted octanol–water partition coefficient (Wildman–Crippen LogP) is 10.1. The third-order valence-corrected chi connectivity index (χ3v) is 11.4. The van der Waals surface area contributed by atoms with Gasteiger partial charge >= 0.3 is 0 Å². The van der Waals surface area contributed by atoms with E-state index in [1.165, 1.54) is 32.9 Å². The second kappa shape index (κ2) is 9.82. The number of fused-ring (bicyclic) bond motifs is 3. The number of hydrogen-bond acceptors (Lipinski definition) is 2. The number of para-hydroxylation sites is 1. The van der Waals surface area contributed by atoms with Crippen LogP contribution in [-0.4, -0.2) is 9.72 Å². The van der Waals surface area contributed by atoms with E-state index in [1.54, 1.807) is 0 Å². The molecule has 1 atom stereocenters. The van der Waals surface area contributed by atoms with Crippen molar-refractivity contribution in [2.45, 2.75) is 53.2 Å². The van der Waals surface area contributed by atoms with Gasteiger partial charge in [-0.2, -0.15) is 0 Å². The summed E-state index contributed by atoms with van der Waals surface area (Å²) >= 11 is 3.56. The first-order chi connectivity index (χ1) is 17.6. The molecule has 0 radical (unpaired) electrons. The highest BCUT2D eigenvalue weighted by Crippen LogP contribution is 2.62. The molecular formula is C32H34BrN2OP. The number of nitrogens with zero attached hydrogens (tertiary/aromatic N) is 2. The molecule has 0 aliphatic rings. The van der Waals surface area contributed by atoms with Crippen LogP contribution in [0.1, 0.15) is 38.8 Å². The van der Waals surface area contributed by atoms with E-state index in [-0.39, 0.29) is 5.16 Å². The molecule has 0 aliphatic carbocycles. The molecule has 0 N–H and O–H groups in total. The van der Waals surface area contributed by atoms with E-state index < -0.39 is 7.28 Å². The molecule has 5 heteroatoms. The van der Waals surface area contributed by atoms with Gasteiger partial charge in [-0.05, 0) is 92.6 Å². The van der Waals surface area contributed by atoms with Gasteiger partial charge in [0.2, 0.25) is 0 Å². The first kappa shape index (κ1) is 25.8. The lowest BCUT2D eigenvalue weighted by atomic mass is 10.1. The molecule has 190 valence electrons. The Labute approximate surface area is 228 Å². The van der Waals surface area contributed by atoms with Gasteiger partial charge in [0.15, 0.2) is 7.28 Å². The van der Waals surface area contributed by atoms with Crippen molar-refractivity contribution in [1.29, 1.82) is 0 Å². The van der Waals surface area contributed by atoms with Gasteiger partial charge in [-0.25, -0.2) is 4.74 Å². The summed E-state index contributed by atoms with van der Waals surface area (Å²) < 4.78 is 16.0. The maximum atomic E-state index is 7.09. The van der Waals surface area contributed by atoms with Crippen molar-refractivity contribution in [2.75, 3.05) is 0 Å². The number of rotatable bonds is 5. The van der Waals surface area contributed by atoms with Crippen LogP contribution in [0.4, 0.5) is 5.69 Å². The quantitative estimate of drug-likeness (QED) is 0.192. The Bertz CT molecular complexity index is 1660. The summed E-state index contributed by atoms with van der Waals surface area (Å²) in [6.07, 6.45) is 0. The Balaban J connectivity index is 1.84. The molecule has 0 saturated heterocycles. The summed E-state index contributed by atoms with van der Waals surface area (Å²) in [5.74, 6) is 0.829. The van der Waals surface area contributed by atoms with E-state index >= 15 is 0 Å². The molecule has 0 bridgehead atoms. The molecule has 1 aromatic heterocycles. The normalized spacial score (nSPS) is 13.6. The van der Waals surface area contributed by atoms with E-state index in [1.807, 2.05) is 24.3 Å². The highest BCUT2D eigenvalue weighted by atomic mass is 79.9. The smallest absolute Gasteiger partial charge is 0.173 e. The largest absolute Gasteiger partial charge is 0.455 e. The van der Waals surface area contributed by atoms with Crippen molar-refractivity contribution in [3.05, 3.63) is 101 Å². The standard InChI is InChI=1S/C32H34BrN2OP/c1-7-35-30-11-9-8-10-28(30)29-21-27(18-19-31(29)35)37(32(4,5)6,36-26-16-13-24(33)14-17-26)34-25-15-12-22(2)23(3)20-25/h8-21H,7H2,1-6H3/t37-/m1/s1. The Morgan fingerprint density at radius 3 is 2.19 bits per heavy atom. The van der Waals surface area contributed by atoms with Crippen LogP contribution < -0.4 is 9.83 Å². The second-order valence-corrected chi connectivity index (χ2v) is 14.9. The monoisotopic (exact) mass is 572 g/mol. The van der Waals surface area contributed by atoms with Gasteiger partial charge < -0.3 is 9.09 Å². The van der Waals surface area contributed by atoms with Crippen molar-refractivity contribution >= 4 is 56.0 Å². The van der Waals surface area contributed by atoms with Crippen LogP contribution in [0.25, 0.3) is 21.8 Å². The third-order valence-electron chi connectivity index (χ3n) is 7.13. The van der Waals surface area contributed by atoms with Gasteiger partial charge in [0.05, 0.1) is 5.69 Å². The summed E-state index contributed by atoms with van der Waals surface area (Å²) in [5.41, 5.74) is 5.96. The highest BCUT2D eigenvalue weighted by Gasteiger charge is 2.39. The first-order valence-electron chi connectivity index (χ1n) is 12.8. The molecule has 0 aliphatic heterocycles. The lowest BCUT2D eigenvalue weighted by Gasteiger charge is -2.37. The Morgan fingerprint density at radius 1 is 0.811 bits per heavy atom. The number of benzene rings is 4. The van der Waals surface area contributed by atoms with Crippen LogP contribution in [0.15, 0.2) is 94.1 Å². The van der Waals surface area contributed by atoms with Crippen LogP contribution in [0.3, 0.4) is 0 Å². The van der Waals surface area contributed by atoms with Gasteiger partial charge in [0.1, 0.15) is 5.75 Å². The van der Waals surface area contributed by atoms with E-state index in [0.29, 0.717) is 0 Å². The van der Waals surface area contributed by atoms with Crippen molar-refractivity contribution in [2.24, 2.45) is 4.74 Å². The van der Waals surface area contributed by atoms with Crippen LogP contribution in [0.5, 0.6) is 5.75 Å². The van der Waals surface area contributed by atoms with Crippen LogP contribution in [-0.2, 0) is 6.54 Å². The number of halogens is 1. The van der Waals surface area contributed by atoms with Gasteiger partial charge in [0, 0.05) is 43.3 Å². The van der Waals surface area contributed by atoms with E-state index in [2.05, 4.69) is 123 Å². The van der Waals surface area contributed by atoms with Crippen LogP contribution in [0.2, 0.25) is 0 Å².